The number of nitrogens with zero attached hydrogens (tertiary/aromatic N) is 6. The number of fused-ring (bicyclic) bond motifs is 1. The molecule has 3 aromatic carbocycles. The van der Waals surface area contributed by atoms with Crippen molar-refractivity contribution in [3.8, 4) is 33.2 Å². The van der Waals surface area contributed by atoms with E-state index in [0.29, 0.717) is 38.9 Å². The maximum atomic E-state index is 14.0. The zero-order valence-corrected chi connectivity index (χ0v) is 43.6. The summed E-state index contributed by atoms with van der Waals surface area (Å²) < 4.78 is 30.7. The summed E-state index contributed by atoms with van der Waals surface area (Å²) in [5, 5.41) is 24.2. The van der Waals surface area contributed by atoms with Gasteiger partial charge < -0.3 is 55.0 Å². The SMILES string of the molecule is Cc1ccsc1-c1ccc(CNC(=O)[C@@H]2C[C@@H](O)CN2C(=O)[C@@H](NC(=O)COCCOCCOCCOCCN2CCC(n3nc(-c4ccc(Oc5ccccc5)cc4)c4c(N)ncnc43)CC2)C(C)(C)C)cc1. The van der Waals surface area contributed by atoms with Crippen LogP contribution in [0.25, 0.3) is 32.7 Å². The quantitative estimate of drug-likeness (QED) is 0.0482. The maximum Gasteiger partial charge on any atom is 0.246 e. The molecule has 0 spiro atoms. The molecule has 6 aromatic rings. The van der Waals surface area contributed by atoms with Gasteiger partial charge in [-0.25, -0.2) is 14.6 Å². The highest BCUT2D eigenvalue weighted by molar-refractivity contribution is 7.13. The third kappa shape index (κ3) is 14.3. The molecule has 2 aliphatic heterocycles. The van der Waals surface area contributed by atoms with E-state index in [4.69, 9.17) is 34.5 Å². The molecule has 2 saturated heterocycles. The molecule has 0 bridgehead atoms. The highest BCUT2D eigenvalue weighted by Gasteiger charge is 2.44. The van der Waals surface area contributed by atoms with Crippen LogP contribution in [0.3, 0.4) is 0 Å². The normalized spacial score (nSPS) is 16.9. The summed E-state index contributed by atoms with van der Waals surface area (Å²) in [5.41, 5.74) is 11.4. The van der Waals surface area contributed by atoms with Gasteiger partial charge in [-0.05, 0) is 89.7 Å². The van der Waals surface area contributed by atoms with Gasteiger partial charge in [0.25, 0.3) is 0 Å². The van der Waals surface area contributed by atoms with Gasteiger partial charge in [0.2, 0.25) is 17.7 Å². The van der Waals surface area contributed by atoms with Crippen molar-refractivity contribution in [2.75, 3.05) is 84.8 Å². The van der Waals surface area contributed by atoms with Crippen LogP contribution in [0.2, 0.25) is 0 Å². The predicted octanol–water partition coefficient (Wildman–Crippen LogP) is 6.42. The first-order chi connectivity index (χ1) is 35.8. The van der Waals surface area contributed by atoms with Crippen LogP contribution in [-0.2, 0) is 39.9 Å². The molecule has 0 unspecified atom stereocenters. The Labute approximate surface area is 436 Å². The summed E-state index contributed by atoms with van der Waals surface area (Å²) in [6.07, 6.45) is 2.56. The van der Waals surface area contributed by atoms with Crippen molar-refractivity contribution in [2.24, 2.45) is 5.41 Å². The molecule has 18 nitrogen and oxygen atoms in total. The molecule has 0 radical (unpaired) electrons. The first-order valence-corrected chi connectivity index (χ1v) is 26.2. The Morgan fingerprint density at radius 1 is 0.824 bits per heavy atom. The molecule has 3 aromatic heterocycles. The number of para-hydroxylation sites is 1. The molecule has 2 fully saturated rings. The summed E-state index contributed by atoms with van der Waals surface area (Å²) >= 11 is 1.68. The second-order valence-corrected chi connectivity index (χ2v) is 20.7. The number of piperidine rings is 1. The van der Waals surface area contributed by atoms with E-state index in [9.17, 15) is 19.5 Å². The Hall–Kier alpha value is -6.32. The number of likely N-dealkylation sites (tertiary alicyclic amines) is 2. The van der Waals surface area contributed by atoms with Crippen molar-refractivity contribution in [1.82, 2.24) is 40.2 Å². The number of hydrogen-bond donors (Lipinski definition) is 4. The van der Waals surface area contributed by atoms with Crippen molar-refractivity contribution < 1.29 is 43.2 Å². The number of nitrogens with two attached hydrogens (primary N) is 1. The topological polar surface area (TPSA) is 218 Å². The Kier molecular flexibility index (Phi) is 18.8. The van der Waals surface area contributed by atoms with Crippen LogP contribution in [0.4, 0.5) is 5.82 Å². The number of rotatable bonds is 24. The van der Waals surface area contributed by atoms with Crippen molar-refractivity contribution >= 4 is 45.9 Å². The third-order valence-electron chi connectivity index (χ3n) is 13.3. The van der Waals surface area contributed by atoms with Crippen LogP contribution in [-0.4, -0.2) is 150 Å². The molecule has 5 N–H and O–H groups in total. The van der Waals surface area contributed by atoms with Crippen LogP contribution in [0.5, 0.6) is 11.5 Å². The fourth-order valence-electron chi connectivity index (χ4n) is 9.24. The van der Waals surface area contributed by atoms with Crippen LogP contribution in [0.1, 0.15) is 57.2 Å². The number of ether oxygens (including phenoxy) is 5. The standard InChI is InChI=1S/C55H69N9O9S/c1-37-20-31-74-49(37)40-12-10-38(11-13-40)33-57-53(67)45-32-42(65)34-63(45)54(68)50(55(2,3)4)60-46(66)35-72-30-29-71-28-27-70-26-25-69-24-23-62-21-18-41(19-22-62)64-52-47(51(56)58-36-59-52)48(61-64)39-14-16-44(17-15-39)73-43-8-6-5-7-9-43/h5-17,20,31,36,41-42,45,50,65H,18-19,21-30,32-35H2,1-4H3,(H,57,67)(H,60,66)(H2,56,58,59)/t42-,45+,50-/m1/s1. The first kappa shape index (κ1) is 54.0. The zero-order valence-electron chi connectivity index (χ0n) is 42.7. The second kappa shape index (κ2) is 25.8. The number of carbonyl (C=O) groups excluding carboxylic acids is 3. The number of nitrogen functional groups attached to an aromatic ring is 1. The fourth-order valence-corrected chi connectivity index (χ4v) is 10.2. The Morgan fingerprint density at radius 2 is 1.47 bits per heavy atom. The number of aromatic nitrogens is 4. The Bertz CT molecular complexity index is 2760. The van der Waals surface area contributed by atoms with Crippen molar-refractivity contribution in [1.29, 1.82) is 0 Å². The van der Waals surface area contributed by atoms with Gasteiger partial charge in [-0.1, -0.05) is 63.2 Å². The summed E-state index contributed by atoms with van der Waals surface area (Å²) in [6.45, 7) is 12.9. The zero-order chi connectivity index (χ0) is 52.0. The summed E-state index contributed by atoms with van der Waals surface area (Å²) in [4.78, 5) is 54.3. The minimum atomic E-state index is -0.956. The predicted molar refractivity (Wildman–Crippen MR) is 284 cm³/mol. The lowest BCUT2D eigenvalue weighted by atomic mass is 9.85. The van der Waals surface area contributed by atoms with Crippen molar-refractivity contribution in [3.63, 3.8) is 0 Å². The van der Waals surface area contributed by atoms with Crippen LogP contribution in [0.15, 0.2) is 96.6 Å². The van der Waals surface area contributed by atoms with Crippen molar-refractivity contribution in [3.05, 3.63) is 108 Å². The number of carbonyl (C=O) groups is 3. The van der Waals surface area contributed by atoms with E-state index >= 15 is 0 Å². The summed E-state index contributed by atoms with van der Waals surface area (Å²) in [6, 6.07) is 25.9. The van der Waals surface area contributed by atoms with Gasteiger partial charge >= 0.3 is 0 Å². The summed E-state index contributed by atoms with van der Waals surface area (Å²) in [5.74, 6) is 0.634. The van der Waals surface area contributed by atoms with Gasteiger partial charge in [0.05, 0.1) is 63.8 Å². The van der Waals surface area contributed by atoms with Crippen LogP contribution >= 0.6 is 11.3 Å². The van der Waals surface area contributed by atoms with Gasteiger partial charge in [-0.15, -0.1) is 11.3 Å². The molecule has 5 heterocycles. The van der Waals surface area contributed by atoms with E-state index in [0.717, 1.165) is 77.4 Å². The number of benzene rings is 3. The average Bonchev–Trinajstić information content (AvgIpc) is 4.14. The second-order valence-electron chi connectivity index (χ2n) is 19.8. The number of aliphatic hydroxyl groups is 1. The molecule has 3 atom stereocenters. The van der Waals surface area contributed by atoms with Gasteiger partial charge in [-0.2, -0.15) is 5.10 Å². The third-order valence-corrected chi connectivity index (χ3v) is 14.3. The van der Waals surface area contributed by atoms with Gasteiger partial charge in [0, 0.05) is 49.6 Å². The van der Waals surface area contributed by atoms with E-state index in [1.54, 1.807) is 11.3 Å². The van der Waals surface area contributed by atoms with Crippen molar-refractivity contribution in [2.45, 2.75) is 77.7 Å². The largest absolute Gasteiger partial charge is 0.457 e. The number of aryl methyl sites for hydroxylation is 1. The lowest BCUT2D eigenvalue weighted by molar-refractivity contribution is -0.144. The Balaban J connectivity index is 0.669. The first-order valence-electron chi connectivity index (χ1n) is 25.4. The number of hydrogen-bond acceptors (Lipinski definition) is 15. The Morgan fingerprint density at radius 3 is 2.14 bits per heavy atom. The van der Waals surface area contributed by atoms with E-state index in [1.165, 1.54) is 21.7 Å². The minimum absolute atomic E-state index is 0.00780. The molecule has 3 amide bonds. The highest BCUT2D eigenvalue weighted by Crippen LogP contribution is 2.36. The molecular formula is C55H69N9O9S. The van der Waals surface area contributed by atoms with Crippen LogP contribution < -0.4 is 21.1 Å². The number of thiophene rings is 1. The maximum absolute atomic E-state index is 14.0. The molecule has 8 rings (SSSR count). The highest BCUT2D eigenvalue weighted by atomic mass is 32.1. The summed E-state index contributed by atoms with van der Waals surface area (Å²) in [7, 11) is 0. The van der Waals surface area contributed by atoms with E-state index in [-0.39, 0.29) is 51.3 Å². The number of β-amino-alcohol motifs (C(OH)–C–C–N with tert-alkyl or cyclic N) is 1. The number of nitrogens with one attached hydrogen (secondary N) is 2. The molecule has 0 aliphatic carbocycles. The molecule has 19 heteroatoms. The fraction of sp³-hybridized carbons (Fsp3) is 0.455. The number of aliphatic hydroxyl groups excluding tert-OH is 1. The van der Waals surface area contributed by atoms with E-state index in [1.807, 2.05) is 104 Å². The number of anilines is 1. The lowest BCUT2D eigenvalue weighted by Gasteiger charge is -2.35. The van der Waals surface area contributed by atoms with Gasteiger partial charge in [-0.3, -0.25) is 14.4 Å². The monoisotopic (exact) mass is 1030 g/mol. The molecule has 74 heavy (non-hydrogen) atoms. The van der Waals surface area contributed by atoms with Gasteiger partial charge in [0.15, 0.2) is 5.65 Å². The molecular weight excluding hydrogens is 963 g/mol. The van der Waals surface area contributed by atoms with Gasteiger partial charge in [0.1, 0.15) is 48.0 Å². The smallest absolute Gasteiger partial charge is 0.246 e. The average molecular weight is 1030 g/mol. The molecule has 0 saturated carbocycles. The number of amides is 3. The molecule has 394 valence electrons. The van der Waals surface area contributed by atoms with E-state index in [2.05, 4.69) is 43.9 Å². The van der Waals surface area contributed by atoms with E-state index < -0.39 is 35.4 Å². The van der Waals surface area contributed by atoms with Crippen LogP contribution in [0, 0.1) is 12.3 Å². The minimum Gasteiger partial charge on any atom is -0.457 e. The molecule has 2 aliphatic rings. The lowest BCUT2D eigenvalue weighted by Crippen LogP contribution is -2.58.